The third-order valence-corrected chi connectivity index (χ3v) is 5.94. The van der Waals surface area contributed by atoms with E-state index in [4.69, 9.17) is 15.2 Å². The van der Waals surface area contributed by atoms with Crippen LogP contribution in [0.15, 0.2) is 58.2 Å². The first kappa shape index (κ1) is 21.9. The smallest absolute Gasteiger partial charge is 0.209 e. The first-order valence-electron chi connectivity index (χ1n) is 10.7. The quantitative estimate of drug-likeness (QED) is 0.668. The Bertz CT molecular complexity index is 810. The summed E-state index contributed by atoms with van der Waals surface area (Å²) in [6.07, 6.45) is 13.7. The highest BCUT2D eigenvalue weighted by atomic mass is 16.7. The average molecular weight is 398 g/mol. The second-order valence-corrected chi connectivity index (χ2v) is 9.00. The van der Waals surface area contributed by atoms with Crippen molar-refractivity contribution in [1.29, 1.82) is 0 Å². The van der Waals surface area contributed by atoms with Gasteiger partial charge in [-0.05, 0) is 83.3 Å². The molecule has 2 heterocycles. The normalized spacial score (nSPS) is 32.3. The fourth-order valence-electron chi connectivity index (χ4n) is 4.46. The first-order valence-corrected chi connectivity index (χ1v) is 10.7. The summed E-state index contributed by atoms with van der Waals surface area (Å²) in [6, 6.07) is 0. The fraction of sp³-hybridized carbons (Fsp3) is 0.560. The van der Waals surface area contributed by atoms with Crippen molar-refractivity contribution in [3.63, 3.8) is 0 Å². The second-order valence-electron chi connectivity index (χ2n) is 9.00. The van der Waals surface area contributed by atoms with Gasteiger partial charge in [-0.25, -0.2) is 0 Å². The number of ketones is 1. The van der Waals surface area contributed by atoms with Crippen LogP contribution < -0.4 is 5.73 Å². The summed E-state index contributed by atoms with van der Waals surface area (Å²) in [7, 11) is 0. The molecule has 1 aliphatic carbocycles. The number of carbonyl (C=O) groups is 1. The molecule has 3 rings (SSSR count). The molecular formula is C25H35NO3. The molecule has 4 heteroatoms. The van der Waals surface area contributed by atoms with E-state index in [1.54, 1.807) is 0 Å². The molecule has 0 saturated carbocycles. The van der Waals surface area contributed by atoms with E-state index < -0.39 is 5.79 Å². The predicted octanol–water partition coefficient (Wildman–Crippen LogP) is 4.93. The Labute approximate surface area is 175 Å². The van der Waals surface area contributed by atoms with Gasteiger partial charge in [0.15, 0.2) is 5.78 Å². The SMILES string of the molecule is CC(C)=CCCC(C)=C[C@@H]1CC(C)=C[C@]2(C=C(CN)[C@H]3CC(=O)C(C)=C[C@H]3O2)O1. The van der Waals surface area contributed by atoms with Crippen LogP contribution in [0.5, 0.6) is 0 Å². The molecular weight excluding hydrogens is 362 g/mol. The van der Waals surface area contributed by atoms with E-state index in [0.717, 1.165) is 30.4 Å². The van der Waals surface area contributed by atoms with Crippen LogP contribution in [0.25, 0.3) is 0 Å². The zero-order valence-electron chi connectivity index (χ0n) is 18.5. The molecule has 29 heavy (non-hydrogen) atoms. The van der Waals surface area contributed by atoms with E-state index in [9.17, 15) is 4.79 Å². The van der Waals surface area contributed by atoms with Crippen molar-refractivity contribution in [2.45, 2.75) is 78.3 Å². The first-order chi connectivity index (χ1) is 13.7. The lowest BCUT2D eigenvalue weighted by Gasteiger charge is -2.45. The number of hydrogen-bond donors (Lipinski definition) is 1. The Morgan fingerprint density at radius 2 is 1.97 bits per heavy atom. The van der Waals surface area contributed by atoms with Crippen LogP contribution >= 0.6 is 0 Å². The number of rotatable bonds is 5. The number of Topliss-reactive ketones (excluding diaryl/α,β-unsaturated/α-hetero) is 1. The Balaban J connectivity index is 1.83. The molecule has 0 aromatic rings. The second kappa shape index (κ2) is 8.95. The van der Waals surface area contributed by atoms with Crippen LogP contribution in [0.1, 0.15) is 60.3 Å². The van der Waals surface area contributed by atoms with Gasteiger partial charge in [0.25, 0.3) is 0 Å². The van der Waals surface area contributed by atoms with Gasteiger partial charge in [0.2, 0.25) is 5.79 Å². The molecule has 158 valence electrons. The highest BCUT2D eigenvalue weighted by Crippen LogP contribution is 2.42. The van der Waals surface area contributed by atoms with Gasteiger partial charge in [0.1, 0.15) is 0 Å². The van der Waals surface area contributed by atoms with Gasteiger partial charge in [0, 0.05) is 18.9 Å². The average Bonchev–Trinajstić information content (AvgIpc) is 2.61. The third kappa shape index (κ3) is 5.25. The van der Waals surface area contributed by atoms with Gasteiger partial charge in [-0.2, -0.15) is 0 Å². The van der Waals surface area contributed by atoms with Gasteiger partial charge in [0.05, 0.1) is 12.2 Å². The zero-order valence-corrected chi connectivity index (χ0v) is 18.5. The summed E-state index contributed by atoms with van der Waals surface area (Å²) in [5.74, 6) is -0.716. The number of nitrogens with two attached hydrogens (primary N) is 1. The van der Waals surface area contributed by atoms with Gasteiger partial charge in [-0.3, -0.25) is 4.79 Å². The van der Waals surface area contributed by atoms with Crippen molar-refractivity contribution in [1.82, 2.24) is 0 Å². The minimum atomic E-state index is -0.906. The van der Waals surface area contributed by atoms with Crippen molar-refractivity contribution >= 4 is 5.78 Å². The molecule has 0 amide bonds. The number of fused-ring (bicyclic) bond motifs is 1. The molecule has 4 nitrogen and oxygen atoms in total. The molecule has 4 atom stereocenters. The standard InChI is InChI=1S/C25H35NO3/c1-16(2)7-6-8-17(3)9-21-10-18(4)13-25(28-21)14-20(15-26)22-12-23(27)19(5)11-24(22)29-25/h7,9,11,13-14,21-22,24H,6,8,10,12,15,26H2,1-5H3/t21-,22-,24-,25+/m1/s1. The van der Waals surface area contributed by atoms with E-state index in [1.807, 2.05) is 19.1 Å². The maximum Gasteiger partial charge on any atom is 0.209 e. The number of hydrogen-bond acceptors (Lipinski definition) is 4. The van der Waals surface area contributed by atoms with Gasteiger partial charge in [-0.15, -0.1) is 0 Å². The van der Waals surface area contributed by atoms with Gasteiger partial charge >= 0.3 is 0 Å². The summed E-state index contributed by atoms with van der Waals surface area (Å²) in [4.78, 5) is 12.2. The molecule has 0 fully saturated rings. The Kier molecular flexibility index (Phi) is 6.77. The van der Waals surface area contributed by atoms with Crippen molar-refractivity contribution in [3.8, 4) is 0 Å². The minimum absolute atomic E-state index is 0.0147. The maximum absolute atomic E-state index is 12.2. The van der Waals surface area contributed by atoms with Crippen LogP contribution in [0.2, 0.25) is 0 Å². The highest BCUT2D eigenvalue weighted by Gasteiger charge is 2.45. The van der Waals surface area contributed by atoms with E-state index >= 15 is 0 Å². The molecule has 0 aromatic heterocycles. The van der Waals surface area contributed by atoms with Crippen molar-refractivity contribution in [2.75, 3.05) is 6.54 Å². The van der Waals surface area contributed by atoms with Crippen LogP contribution in [0, 0.1) is 5.92 Å². The number of allylic oxidation sites excluding steroid dienone is 4. The Morgan fingerprint density at radius 3 is 2.66 bits per heavy atom. The molecule has 0 radical (unpaired) electrons. The highest BCUT2D eigenvalue weighted by molar-refractivity contribution is 5.96. The lowest BCUT2D eigenvalue weighted by atomic mass is 9.78. The molecule has 1 spiro atoms. The molecule has 2 N–H and O–H groups in total. The molecule has 0 aromatic carbocycles. The Hall–Kier alpha value is -1.75. The summed E-state index contributed by atoms with van der Waals surface area (Å²) < 4.78 is 13.0. The third-order valence-electron chi connectivity index (χ3n) is 5.94. The minimum Gasteiger partial charge on any atom is -0.335 e. The lowest BCUT2D eigenvalue weighted by Crippen LogP contribution is -2.49. The van der Waals surface area contributed by atoms with Gasteiger partial charge < -0.3 is 15.2 Å². The molecule has 0 saturated heterocycles. The fourth-order valence-corrected chi connectivity index (χ4v) is 4.46. The molecule has 0 unspecified atom stereocenters. The largest absolute Gasteiger partial charge is 0.335 e. The van der Waals surface area contributed by atoms with Crippen LogP contribution in [0.4, 0.5) is 0 Å². The lowest BCUT2D eigenvalue weighted by molar-refractivity contribution is -0.224. The van der Waals surface area contributed by atoms with E-state index in [0.29, 0.717) is 13.0 Å². The van der Waals surface area contributed by atoms with E-state index in [-0.39, 0.29) is 23.9 Å². The Morgan fingerprint density at radius 1 is 1.21 bits per heavy atom. The van der Waals surface area contributed by atoms with Gasteiger partial charge in [-0.1, -0.05) is 28.9 Å². The molecule has 3 aliphatic rings. The van der Waals surface area contributed by atoms with Crippen LogP contribution in [0.3, 0.4) is 0 Å². The summed E-state index contributed by atoms with van der Waals surface area (Å²) in [6.45, 7) is 10.8. The summed E-state index contributed by atoms with van der Waals surface area (Å²) in [5, 5.41) is 0. The topological polar surface area (TPSA) is 61.6 Å². The monoisotopic (exact) mass is 397 g/mol. The van der Waals surface area contributed by atoms with Crippen molar-refractivity contribution in [3.05, 3.63) is 58.2 Å². The molecule has 0 bridgehead atoms. The van der Waals surface area contributed by atoms with E-state index in [2.05, 4.69) is 45.9 Å². The van der Waals surface area contributed by atoms with E-state index in [1.165, 1.54) is 16.7 Å². The van der Waals surface area contributed by atoms with Crippen molar-refractivity contribution in [2.24, 2.45) is 11.7 Å². The predicted molar refractivity (Wildman–Crippen MR) is 117 cm³/mol. The molecule has 2 aliphatic heterocycles. The summed E-state index contributed by atoms with van der Waals surface area (Å²) in [5.41, 5.74) is 11.8. The number of carbonyl (C=O) groups excluding carboxylic acids is 1. The summed E-state index contributed by atoms with van der Waals surface area (Å²) >= 11 is 0. The van der Waals surface area contributed by atoms with Crippen molar-refractivity contribution < 1.29 is 14.3 Å². The maximum atomic E-state index is 12.2. The van der Waals surface area contributed by atoms with Crippen LogP contribution in [-0.4, -0.2) is 30.3 Å². The van der Waals surface area contributed by atoms with Crippen LogP contribution in [-0.2, 0) is 14.3 Å². The zero-order chi connectivity index (χ0) is 21.2. The number of ether oxygens (including phenoxy) is 2.